The Morgan fingerprint density at radius 1 is 0.818 bits per heavy atom. The van der Waals surface area contributed by atoms with E-state index in [1.54, 1.807) is 60.7 Å². The van der Waals surface area contributed by atoms with Gasteiger partial charge in [0.15, 0.2) is 11.6 Å². The second kappa shape index (κ2) is 11.2. The van der Waals surface area contributed by atoms with E-state index < -0.39 is 17.5 Å². The molecule has 0 unspecified atom stereocenters. The SMILES string of the molecule is CCCCCCc1c(C(=O)OO)cc(N)c(C(=O)c2ccccc2)c1C(=O)c1ccccc1. The first kappa shape index (κ1) is 23.9. The molecule has 0 atom stereocenters. The van der Waals surface area contributed by atoms with Crippen LogP contribution in [0.4, 0.5) is 5.69 Å². The van der Waals surface area contributed by atoms with Gasteiger partial charge in [0.2, 0.25) is 0 Å². The van der Waals surface area contributed by atoms with Crippen molar-refractivity contribution in [1.82, 2.24) is 0 Å². The predicted molar refractivity (Wildman–Crippen MR) is 126 cm³/mol. The Labute approximate surface area is 192 Å². The van der Waals surface area contributed by atoms with Gasteiger partial charge in [0.1, 0.15) is 0 Å². The first-order chi connectivity index (χ1) is 16.0. The molecule has 0 saturated heterocycles. The van der Waals surface area contributed by atoms with Crippen LogP contribution in [0.1, 0.15) is 80.4 Å². The molecule has 0 aliphatic heterocycles. The third-order valence-corrected chi connectivity index (χ3v) is 5.57. The number of rotatable bonds is 10. The smallest absolute Gasteiger partial charge is 0.373 e. The van der Waals surface area contributed by atoms with Crippen molar-refractivity contribution in [3.8, 4) is 0 Å². The van der Waals surface area contributed by atoms with E-state index in [4.69, 9.17) is 11.0 Å². The maximum atomic E-state index is 13.7. The van der Waals surface area contributed by atoms with Crippen molar-refractivity contribution in [1.29, 1.82) is 0 Å². The third-order valence-electron chi connectivity index (χ3n) is 5.57. The molecule has 0 amide bonds. The van der Waals surface area contributed by atoms with E-state index in [1.165, 1.54) is 6.07 Å². The summed E-state index contributed by atoms with van der Waals surface area (Å²) in [4.78, 5) is 43.6. The summed E-state index contributed by atoms with van der Waals surface area (Å²) in [5.74, 6) is -1.85. The van der Waals surface area contributed by atoms with Crippen LogP contribution in [0.5, 0.6) is 0 Å². The lowest BCUT2D eigenvalue weighted by Gasteiger charge is -2.19. The lowest BCUT2D eigenvalue weighted by Crippen LogP contribution is -2.20. The van der Waals surface area contributed by atoms with Crippen molar-refractivity contribution >= 4 is 23.2 Å². The van der Waals surface area contributed by atoms with Crippen molar-refractivity contribution in [3.05, 3.63) is 100 Å². The minimum absolute atomic E-state index is 0.0182. The minimum atomic E-state index is -1.02. The lowest BCUT2D eigenvalue weighted by molar-refractivity contribution is -0.182. The van der Waals surface area contributed by atoms with Crippen LogP contribution in [0.2, 0.25) is 0 Å². The van der Waals surface area contributed by atoms with Gasteiger partial charge in [0, 0.05) is 22.4 Å². The van der Waals surface area contributed by atoms with E-state index in [9.17, 15) is 14.4 Å². The molecular weight excluding hydrogens is 418 g/mol. The molecule has 3 aromatic rings. The highest BCUT2D eigenvalue weighted by Gasteiger charge is 2.30. The summed E-state index contributed by atoms with van der Waals surface area (Å²) in [6, 6.07) is 18.4. The first-order valence-electron chi connectivity index (χ1n) is 11.0. The molecular formula is C27H27NO5. The Balaban J connectivity index is 2.28. The summed E-state index contributed by atoms with van der Waals surface area (Å²) in [7, 11) is 0. The van der Waals surface area contributed by atoms with Crippen LogP contribution >= 0.6 is 0 Å². The molecule has 33 heavy (non-hydrogen) atoms. The van der Waals surface area contributed by atoms with Crippen molar-refractivity contribution in [2.75, 3.05) is 5.73 Å². The highest BCUT2D eigenvalue weighted by molar-refractivity contribution is 6.23. The van der Waals surface area contributed by atoms with Crippen LogP contribution in [0.3, 0.4) is 0 Å². The van der Waals surface area contributed by atoms with Crippen LogP contribution in [0.15, 0.2) is 66.7 Å². The van der Waals surface area contributed by atoms with Crippen molar-refractivity contribution in [2.45, 2.75) is 39.0 Å². The molecule has 170 valence electrons. The summed E-state index contributed by atoms with van der Waals surface area (Å²) >= 11 is 0. The van der Waals surface area contributed by atoms with Gasteiger partial charge in [-0.1, -0.05) is 86.8 Å². The average molecular weight is 446 g/mol. The number of hydrogen-bond donors (Lipinski definition) is 2. The fraction of sp³-hybridized carbons (Fsp3) is 0.222. The van der Waals surface area contributed by atoms with Gasteiger partial charge >= 0.3 is 5.97 Å². The average Bonchev–Trinajstić information content (AvgIpc) is 2.86. The Morgan fingerprint density at radius 2 is 1.36 bits per heavy atom. The van der Waals surface area contributed by atoms with E-state index in [0.717, 1.165) is 19.3 Å². The molecule has 6 nitrogen and oxygen atoms in total. The largest absolute Gasteiger partial charge is 0.398 e. The summed E-state index contributed by atoms with van der Waals surface area (Å²) in [6.45, 7) is 2.08. The molecule has 3 aromatic carbocycles. The Bertz CT molecular complexity index is 1140. The van der Waals surface area contributed by atoms with E-state index in [1.807, 2.05) is 0 Å². The van der Waals surface area contributed by atoms with E-state index in [0.29, 0.717) is 29.5 Å². The van der Waals surface area contributed by atoms with Gasteiger partial charge < -0.3 is 5.73 Å². The molecule has 3 N–H and O–H groups in total. The zero-order valence-electron chi connectivity index (χ0n) is 18.5. The van der Waals surface area contributed by atoms with E-state index >= 15 is 0 Å². The summed E-state index contributed by atoms with van der Waals surface area (Å²) in [6.07, 6.45) is 3.94. The van der Waals surface area contributed by atoms with Gasteiger partial charge in [0.05, 0.1) is 11.1 Å². The molecule has 0 heterocycles. The molecule has 0 aliphatic rings. The number of nitrogen functional groups attached to an aromatic ring is 1. The second-order valence-corrected chi connectivity index (χ2v) is 7.82. The summed E-state index contributed by atoms with van der Waals surface area (Å²) in [5.41, 5.74) is 7.43. The molecule has 0 saturated carbocycles. The van der Waals surface area contributed by atoms with Crippen LogP contribution in [0.25, 0.3) is 0 Å². The van der Waals surface area contributed by atoms with Crippen molar-refractivity contribution in [2.24, 2.45) is 0 Å². The number of benzene rings is 3. The highest BCUT2D eigenvalue weighted by atomic mass is 17.1. The van der Waals surface area contributed by atoms with Crippen LogP contribution < -0.4 is 5.73 Å². The first-order valence-corrected chi connectivity index (χ1v) is 11.0. The Kier molecular flexibility index (Phi) is 8.11. The maximum Gasteiger partial charge on any atom is 0.373 e. The summed E-state index contributed by atoms with van der Waals surface area (Å²) in [5, 5.41) is 9.07. The molecule has 3 rings (SSSR count). The number of carbonyl (C=O) groups excluding carboxylic acids is 3. The van der Waals surface area contributed by atoms with Crippen LogP contribution in [0, 0.1) is 0 Å². The monoisotopic (exact) mass is 445 g/mol. The molecule has 0 radical (unpaired) electrons. The van der Waals surface area contributed by atoms with Gasteiger partial charge in [-0.05, 0) is 24.5 Å². The van der Waals surface area contributed by atoms with Crippen molar-refractivity contribution < 1.29 is 24.5 Å². The van der Waals surface area contributed by atoms with Gasteiger partial charge in [-0.25, -0.2) is 4.79 Å². The summed E-state index contributed by atoms with van der Waals surface area (Å²) < 4.78 is 0. The third kappa shape index (κ3) is 5.35. The number of ketones is 2. The van der Waals surface area contributed by atoms with Crippen molar-refractivity contribution in [3.63, 3.8) is 0 Å². The minimum Gasteiger partial charge on any atom is -0.398 e. The zero-order chi connectivity index (χ0) is 23.8. The van der Waals surface area contributed by atoms with E-state index in [-0.39, 0.29) is 22.4 Å². The van der Waals surface area contributed by atoms with Gasteiger partial charge in [-0.3, -0.25) is 14.5 Å². The fourth-order valence-electron chi connectivity index (χ4n) is 3.93. The van der Waals surface area contributed by atoms with Gasteiger partial charge in [-0.2, -0.15) is 5.26 Å². The lowest BCUT2D eigenvalue weighted by atomic mass is 9.84. The number of carbonyl (C=O) groups is 3. The zero-order valence-corrected chi connectivity index (χ0v) is 18.5. The van der Waals surface area contributed by atoms with Gasteiger partial charge in [-0.15, -0.1) is 0 Å². The molecule has 0 aliphatic carbocycles. The number of anilines is 1. The molecule has 6 heteroatoms. The standard InChI is InChI=1S/C27H27NO5/c1-2-3-4-11-16-20-21(27(31)33-32)17-22(28)24(26(30)19-14-9-6-10-15-19)23(20)25(29)18-12-7-5-8-13-18/h5-10,12-15,17,32H,2-4,11,16,28H2,1H3. The normalized spacial score (nSPS) is 10.6. The number of unbranched alkanes of at least 4 members (excludes halogenated alkanes) is 3. The van der Waals surface area contributed by atoms with Gasteiger partial charge in [0.25, 0.3) is 0 Å². The number of hydrogen-bond acceptors (Lipinski definition) is 6. The maximum absolute atomic E-state index is 13.7. The molecule has 0 fully saturated rings. The van der Waals surface area contributed by atoms with Crippen LogP contribution in [-0.2, 0) is 11.3 Å². The molecule has 0 spiro atoms. The molecule has 0 bridgehead atoms. The van der Waals surface area contributed by atoms with Crippen LogP contribution in [-0.4, -0.2) is 22.8 Å². The van der Waals surface area contributed by atoms with E-state index in [2.05, 4.69) is 11.8 Å². The Morgan fingerprint density at radius 3 is 1.88 bits per heavy atom. The highest BCUT2D eigenvalue weighted by Crippen LogP contribution is 2.32. The predicted octanol–water partition coefficient (Wildman–Crippen LogP) is 5.48. The topological polar surface area (TPSA) is 107 Å². The second-order valence-electron chi connectivity index (χ2n) is 7.82. The molecule has 0 aromatic heterocycles. The fourth-order valence-corrected chi connectivity index (χ4v) is 3.93. The Hall–Kier alpha value is -3.77. The quantitative estimate of drug-likeness (QED) is 0.141. The number of nitrogens with two attached hydrogens (primary N) is 1.